The Bertz CT molecular complexity index is 223. The fraction of sp³-hybridized carbons (Fsp3) is 0.889. The van der Waals surface area contributed by atoms with Crippen molar-refractivity contribution in [3.05, 3.63) is 0 Å². The molecule has 0 aromatic rings. The standard InChI is InChI=1S/C9H17NO5/c1-3-10-6(11)4-5-7(12)8(13)9(14-2)15-5/h5,7-9,12-13H,3-4H2,1-2H3,(H,10,11)/t5-,7+,8+,9+/m0/s1. The Morgan fingerprint density at radius 1 is 1.47 bits per heavy atom. The predicted octanol–water partition coefficient (Wildman–Crippen LogP) is -1.39. The highest BCUT2D eigenvalue weighted by Crippen LogP contribution is 2.23. The van der Waals surface area contributed by atoms with E-state index in [9.17, 15) is 15.0 Å². The topological polar surface area (TPSA) is 88.0 Å². The maximum Gasteiger partial charge on any atom is 0.222 e. The van der Waals surface area contributed by atoms with Crippen LogP contribution in [0.4, 0.5) is 0 Å². The summed E-state index contributed by atoms with van der Waals surface area (Å²) in [5, 5.41) is 21.6. The van der Waals surface area contributed by atoms with E-state index in [1.807, 2.05) is 0 Å². The van der Waals surface area contributed by atoms with Crippen LogP contribution < -0.4 is 5.32 Å². The summed E-state index contributed by atoms with van der Waals surface area (Å²) in [6.07, 6.45) is -3.74. The molecule has 6 nitrogen and oxygen atoms in total. The average molecular weight is 219 g/mol. The SMILES string of the molecule is CCNC(=O)C[C@@H]1O[C@@H](OC)[C@H](O)[C@@H]1O. The monoisotopic (exact) mass is 219 g/mol. The molecule has 1 rings (SSSR count). The number of ether oxygens (including phenoxy) is 2. The van der Waals surface area contributed by atoms with Crippen molar-refractivity contribution in [1.29, 1.82) is 0 Å². The van der Waals surface area contributed by atoms with Crippen LogP contribution in [0.25, 0.3) is 0 Å². The van der Waals surface area contributed by atoms with Crippen LogP contribution in [0, 0.1) is 0 Å². The molecule has 0 bridgehead atoms. The Hall–Kier alpha value is -0.690. The molecule has 0 saturated carbocycles. The van der Waals surface area contributed by atoms with E-state index >= 15 is 0 Å². The zero-order chi connectivity index (χ0) is 11.4. The minimum absolute atomic E-state index is 0.0198. The first kappa shape index (κ1) is 12.4. The molecule has 15 heavy (non-hydrogen) atoms. The van der Waals surface area contributed by atoms with Gasteiger partial charge in [-0.25, -0.2) is 0 Å². The van der Waals surface area contributed by atoms with Gasteiger partial charge in [-0.15, -0.1) is 0 Å². The van der Waals surface area contributed by atoms with Crippen molar-refractivity contribution < 1.29 is 24.5 Å². The van der Waals surface area contributed by atoms with Gasteiger partial charge < -0.3 is 25.0 Å². The highest BCUT2D eigenvalue weighted by atomic mass is 16.7. The molecule has 4 atom stereocenters. The Labute approximate surface area is 88.2 Å². The first-order chi connectivity index (χ1) is 7.10. The van der Waals surface area contributed by atoms with Gasteiger partial charge in [0.1, 0.15) is 12.2 Å². The summed E-state index contributed by atoms with van der Waals surface area (Å²) in [5.74, 6) is -0.217. The van der Waals surface area contributed by atoms with Crippen LogP contribution >= 0.6 is 0 Å². The van der Waals surface area contributed by atoms with Gasteiger partial charge in [0, 0.05) is 13.7 Å². The number of aliphatic hydroxyl groups is 2. The third-order valence-corrected chi connectivity index (χ3v) is 2.31. The molecule has 0 unspecified atom stereocenters. The minimum Gasteiger partial charge on any atom is -0.387 e. The number of aliphatic hydroxyl groups excluding tert-OH is 2. The summed E-state index contributed by atoms with van der Waals surface area (Å²) in [7, 11) is 1.37. The van der Waals surface area contributed by atoms with Gasteiger partial charge in [0.2, 0.25) is 5.91 Å². The zero-order valence-electron chi connectivity index (χ0n) is 8.84. The summed E-state index contributed by atoms with van der Waals surface area (Å²) in [6, 6.07) is 0. The van der Waals surface area contributed by atoms with Crippen molar-refractivity contribution in [3.8, 4) is 0 Å². The van der Waals surface area contributed by atoms with Gasteiger partial charge in [-0.3, -0.25) is 4.79 Å². The van der Waals surface area contributed by atoms with Gasteiger partial charge in [-0.05, 0) is 6.92 Å². The molecule has 0 radical (unpaired) electrons. The molecular weight excluding hydrogens is 202 g/mol. The Morgan fingerprint density at radius 3 is 2.60 bits per heavy atom. The maximum absolute atomic E-state index is 11.2. The molecule has 1 fully saturated rings. The molecule has 1 amide bonds. The van der Waals surface area contributed by atoms with Crippen LogP contribution in [-0.2, 0) is 14.3 Å². The summed E-state index contributed by atoms with van der Waals surface area (Å²) in [5.41, 5.74) is 0. The molecule has 3 N–H and O–H groups in total. The lowest BCUT2D eigenvalue weighted by Gasteiger charge is -2.13. The predicted molar refractivity (Wildman–Crippen MR) is 51.0 cm³/mol. The summed E-state index contributed by atoms with van der Waals surface area (Å²) >= 11 is 0. The van der Waals surface area contributed by atoms with Crippen LogP contribution in [0.1, 0.15) is 13.3 Å². The van der Waals surface area contributed by atoms with Crippen molar-refractivity contribution in [3.63, 3.8) is 0 Å². The highest BCUT2D eigenvalue weighted by Gasteiger charge is 2.43. The molecule has 6 heteroatoms. The van der Waals surface area contributed by atoms with E-state index in [4.69, 9.17) is 9.47 Å². The van der Waals surface area contributed by atoms with Crippen molar-refractivity contribution in [2.45, 2.75) is 37.9 Å². The summed E-state index contributed by atoms with van der Waals surface area (Å²) in [4.78, 5) is 11.2. The van der Waals surface area contributed by atoms with Crippen LogP contribution in [0.3, 0.4) is 0 Å². The van der Waals surface area contributed by atoms with E-state index in [2.05, 4.69) is 5.32 Å². The number of carbonyl (C=O) groups excluding carboxylic acids is 1. The molecular formula is C9H17NO5. The lowest BCUT2D eigenvalue weighted by Crippen LogP contribution is -2.35. The fourth-order valence-electron chi connectivity index (χ4n) is 1.53. The van der Waals surface area contributed by atoms with Gasteiger partial charge >= 0.3 is 0 Å². The molecule has 0 aliphatic carbocycles. The molecule has 1 saturated heterocycles. The molecule has 0 aromatic heterocycles. The van der Waals surface area contributed by atoms with E-state index in [0.29, 0.717) is 6.54 Å². The Kier molecular flexibility index (Phi) is 4.46. The van der Waals surface area contributed by atoms with E-state index < -0.39 is 24.6 Å². The molecule has 0 spiro atoms. The lowest BCUT2D eigenvalue weighted by molar-refractivity contribution is -0.152. The quantitative estimate of drug-likeness (QED) is 0.541. The number of rotatable bonds is 4. The number of methoxy groups -OCH3 is 1. The fourth-order valence-corrected chi connectivity index (χ4v) is 1.53. The van der Waals surface area contributed by atoms with E-state index in [1.54, 1.807) is 6.92 Å². The van der Waals surface area contributed by atoms with Gasteiger partial charge in [-0.2, -0.15) is 0 Å². The summed E-state index contributed by atoms with van der Waals surface area (Å²) < 4.78 is 9.97. The Morgan fingerprint density at radius 2 is 2.13 bits per heavy atom. The van der Waals surface area contributed by atoms with Crippen LogP contribution in [-0.4, -0.2) is 54.4 Å². The molecule has 1 aliphatic heterocycles. The van der Waals surface area contributed by atoms with Crippen molar-refractivity contribution in [2.24, 2.45) is 0 Å². The summed E-state index contributed by atoms with van der Waals surface area (Å²) in [6.45, 7) is 2.33. The average Bonchev–Trinajstić information content (AvgIpc) is 2.46. The molecule has 88 valence electrons. The van der Waals surface area contributed by atoms with Gasteiger partial charge in [0.05, 0.1) is 12.5 Å². The van der Waals surface area contributed by atoms with Crippen LogP contribution in [0.15, 0.2) is 0 Å². The number of amides is 1. The van der Waals surface area contributed by atoms with Crippen LogP contribution in [0.5, 0.6) is 0 Å². The van der Waals surface area contributed by atoms with E-state index in [1.165, 1.54) is 7.11 Å². The maximum atomic E-state index is 11.2. The zero-order valence-corrected chi connectivity index (χ0v) is 8.84. The number of carbonyl (C=O) groups is 1. The highest BCUT2D eigenvalue weighted by molar-refractivity contribution is 5.76. The largest absolute Gasteiger partial charge is 0.387 e. The van der Waals surface area contributed by atoms with E-state index in [0.717, 1.165) is 0 Å². The third kappa shape index (κ3) is 2.88. The second kappa shape index (κ2) is 5.41. The molecule has 1 heterocycles. The van der Waals surface area contributed by atoms with E-state index in [-0.39, 0.29) is 12.3 Å². The first-order valence-electron chi connectivity index (χ1n) is 4.91. The smallest absolute Gasteiger partial charge is 0.222 e. The lowest BCUT2D eigenvalue weighted by atomic mass is 10.1. The van der Waals surface area contributed by atoms with Gasteiger partial charge in [0.15, 0.2) is 6.29 Å². The Balaban J connectivity index is 2.47. The minimum atomic E-state index is -1.10. The molecule has 1 aliphatic rings. The first-order valence-corrected chi connectivity index (χ1v) is 4.91. The third-order valence-electron chi connectivity index (χ3n) is 2.31. The van der Waals surface area contributed by atoms with Crippen molar-refractivity contribution in [1.82, 2.24) is 5.32 Å². The number of nitrogens with one attached hydrogen (secondary N) is 1. The normalized spacial score (nSPS) is 35.5. The number of hydrogen-bond acceptors (Lipinski definition) is 5. The van der Waals surface area contributed by atoms with Gasteiger partial charge in [-0.1, -0.05) is 0 Å². The van der Waals surface area contributed by atoms with Crippen molar-refractivity contribution in [2.75, 3.05) is 13.7 Å². The molecule has 0 aromatic carbocycles. The second-order valence-electron chi connectivity index (χ2n) is 3.42. The second-order valence-corrected chi connectivity index (χ2v) is 3.42. The van der Waals surface area contributed by atoms with Gasteiger partial charge in [0.25, 0.3) is 0 Å². The van der Waals surface area contributed by atoms with Crippen LogP contribution in [0.2, 0.25) is 0 Å². The number of hydrogen-bond donors (Lipinski definition) is 3. The van der Waals surface area contributed by atoms with Crippen molar-refractivity contribution >= 4 is 5.91 Å².